The van der Waals surface area contributed by atoms with Crippen molar-refractivity contribution < 1.29 is 9.90 Å². The molecule has 0 aliphatic heterocycles. The van der Waals surface area contributed by atoms with Gasteiger partial charge in [-0.3, -0.25) is 4.79 Å². The Labute approximate surface area is 133 Å². The maximum atomic E-state index is 12.5. The van der Waals surface area contributed by atoms with Gasteiger partial charge in [0.15, 0.2) is 0 Å². The second kappa shape index (κ2) is 5.97. The molecule has 0 heterocycles. The zero-order chi connectivity index (χ0) is 15.0. The molecule has 0 saturated heterocycles. The molecule has 1 amide bonds. The molecule has 2 aliphatic rings. The van der Waals surface area contributed by atoms with E-state index in [0.717, 1.165) is 55.0 Å². The fraction of sp³-hybridized carbons (Fsp3) is 0.562. The summed E-state index contributed by atoms with van der Waals surface area (Å²) in [5.41, 5.74) is 9.68. The molecule has 114 valence electrons. The molecule has 2 aliphatic carbocycles. The van der Waals surface area contributed by atoms with Gasteiger partial charge in [-0.25, -0.2) is 0 Å². The number of amides is 1. The zero-order valence-corrected chi connectivity index (χ0v) is 13.6. The standard InChI is InChI=1S/C16H21BrN2O2/c17-12-8-11(15(18)10-5-3-4-9(10)12)16(21)19-13-6-1-2-7-14(13)20/h8,13-14,20H,1-7,18H2,(H,19,21)/t13-,14-/m0/s1. The molecule has 1 fully saturated rings. The average Bonchev–Trinajstić information content (AvgIpc) is 2.95. The smallest absolute Gasteiger partial charge is 0.253 e. The van der Waals surface area contributed by atoms with E-state index in [9.17, 15) is 9.90 Å². The number of carbonyl (C=O) groups excluding carboxylic acids is 1. The first-order valence-electron chi connectivity index (χ1n) is 7.66. The van der Waals surface area contributed by atoms with Gasteiger partial charge in [0.05, 0.1) is 17.7 Å². The number of nitrogen functional groups attached to an aromatic ring is 1. The van der Waals surface area contributed by atoms with Crippen LogP contribution in [-0.4, -0.2) is 23.2 Å². The molecule has 1 aromatic rings. The fourth-order valence-electron chi connectivity index (χ4n) is 3.47. The number of hydrogen-bond donors (Lipinski definition) is 3. The average molecular weight is 353 g/mol. The van der Waals surface area contributed by atoms with E-state index in [0.29, 0.717) is 11.3 Å². The van der Waals surface area contributed by atoms with Crippen LogP contribution >= 0.6 is 15.9 Å². The molecule has 3 rings (SSSR count). The SMILES string of the molecule is Nc1c(C(=O)N[C@H]2CCCC[C@@H]2O)cc(Br)c2c1CCC2. The number of benzene rings is 1. The summed E-state index contributed by atoms with van der Waals surface area (Å²) in [5, 5.41) is 12.9. The molecule has 0 aromatic heterocycles. The summed E-state index contributed by atoms with van der Waals surface area (Å²) in [6.45, 7) is 0. The minimum atomic E-state index is -0.443. The molecular formula is C16H21BrN2O2. The molecule has 2 atom stereocenters. The van der Waals surface area contributed by atoms with Crippen LogP contribution in [0.15, 0.2) is 10.5 Å². The maximum absolute atomic E-state index is 12.5. The molecule has 0 radical (unpaired) electrons. The third-order valence-electron chi connectivity index (χ3n) is 4.68. The predicted octanol–water partition coefficient (Wildman–Crippen LogP) is 2.55. The quantitative estimate of drug-likeness (QED) is 0.716. The Hall–Kier alpha value is -1.07. The molecular weight excluding hydrogens is 332 g/mol. The van der Waals surface area contributed by atoms with Crippen molar-refractivity contribution in [2.75, 3.05) is 5.73 Å². The van der Waals surface area contributed by atoms with Crippen molar-refractivity contribution in [1.82, 2.24) is 5.32 Å². The largest absolute Gasteiger partial charge is 0.398 e. The second-order valence-electron chi connectivity index (χ2n) is 6.06. The molecule has 5 heteroatoms. The van der Waals surface area contributed by atoms with Gasteiger partial charge in [0.1, 0.15) is 0 Å². The number of anilines is 1. The van der Waals surface area contributed by atoms with Crippen molar-refractivity contribution >= 4 is 27.5 Å². The highest BCUT2D eigenvalue weighted by Crippen LogP contribution is 2.35. The summed E-state index contributed by atoms with van der Waals surface area (Å²) in [5.74, 6) is -0.172. The Bertz CT molecular complexity index is 574. The second-order valence-corrected chi connectivity index (χ2v) is 6.92. The van der Waals surface area contributed by atoms with Crippen molar-refractivity contribution in [3.8, 4) is 0 Å². The first-order chi connectivity index (χ1) is 10.1. The number of aliphatic hydroxyl groups excluding tert-OH is 1. The number of halogens is 1. The van der Waals surface area contributed by atoms with E-state index in [2.05, 4.69) is 21.2 Å². The van der Waals surface area contributed by atoms with Crippen LogP contribution in [0.5, 0.6) is 0 Å². The van der Waals surface area contributed by atoms with Gasteiger partial charge in [-0.05, 0) is 49.3 Å². The van der Waals surface area contributed by atoms with E-state index >= 15 is 0 Å². The summed E-state index contributed by atoms with van der Waals surface area (Å²) >= 11 is 3.55. The number of nitrogens with one attached hydrogen (secondary N) is 1. The van der Waals surface area contributed by atoms with E-state index < -0.39 is 6.10 Å². The monoisotopic (exact) mass is 352 g/mol. The van der Waals surface area contributed by atoms with Crippen molar-refractivity contribution in [2.45, 2.75) is 57.1 Å². The number of aliphatic hydroxyl groups is 1. The third-order valence-corrected chi connectivity index (χ3v) is 5.39. The Morgan fingerprint density at radius 1 is 1.24 bits per heavy atom. The summed E-state index contributed by atoms with van der Waals surface area (Å²) in [7, 11) is 0. The molecule has 0 unspecified atom stereocenters. The lowest BCUT2D eigenvalue weighted by Crippen LogP contribution is -2.45. The highest BCUT2D eigenvalue weighted by molar-refractivity contribution is 9.10. The van der Waals surface area contributed by atoms with Crippen LogP contribution < -0.4 is 11.1 Å². The van der Waals surface area contributed by atoms with Gasteiger partial charge in [0.2, 0.25) is 0 Å². The normalized spacial score (nSPS) is 24.7. The van der Waals surface area contributed by atoms with Crippen LogP contribution in [0.3, 0.4) is 0 Å². The van der Waals surface area contributed by atoms with E-state index in [1.165, 1.54) is 5.56 Å². The third kappa shape index (κ3) is 2.81. The Morgan fingerprint density at radius 2 is 1.95 bits per heavy atom. The van der Waals surface area contributed by atoms with E-state index in [-0.39, 0.29) is 11.9 Å². The van der Waals surface area contributed by atoms with Crippen LogP contribution in [0.1, 0.15) is 53.6 Å². The van der Waals surface area contributed by atoms with Crippen molar-refractivity contribution in [2.24, 2.45) is 0 Å². The molecule has 4 N–H and O–H groups in total. The van der Waals surface area contributed by atoms with E-state index in [1.807, 2.05) is 6.07 Å². The van der Waals surface area contributed by atoms with Gasteiger partial charge < -0.3 is 16.2 Å². The van der Waals surface area contributed by atoms with Gasteiger partial charge in [-0.2, -0.15) is 0 Å². The van der Waals surface area contributed by atoms with E-state index in [4.69, 9.17) is 5.73 Å². The highest BCUT2D eigenvalue weighted by atomic mass is 79.9. The first-order valence-corrected chi connectivity index (χ1v) is 8.46. The van der Waals surface area contributed by atoms with Gasteiger partial charge in [0.25, 0.3) is 5.91 Å². The van der Waals surface area contributed by atoms with E-state index in [1.54, 1.807) is 0 Å². The number of rotatable bonds is 2. The zero-order valence-electron chi connectivity index (χ0n) is 12.0. The lowest BCUT2D eigenvalue weighted by molar-refractivity contribution is 0.0718. The van der Waals surface area contributed by atoms with Crippen LogP contribution in [0.2, 0.25) is 0 Å². The topological polar surface area (TPSA) is 75.4 Å². The van der Waals surface area contributed by atoms with Crippen molar-refractivity contribution in [3.05, 3.63) is 27.2 Å². The van der Waals surface area contributed by atoms with Crippen molar-refractivity contribution in [1.29, 1.82) is 0 Å². The lowest BCUT2D eigenvalue weighted by atomic mass is 9.92. The summed E-state index contributed by atoms with van der Waals surface area (Å²) < 4.78 is 0.971. The molecule has 1 saturated carbocycles. The number of nitrogens with two attached hydrogens (primary N) is 1. The Balaban J connectivity index is 1.83. The predicted molar refractivity (Wildman–Crippen MR) is 86.3 cm³/mol. The molecule has 4 nitrogen and oxygen atoms in total. The van der Waals surface area contributed by atoms with Gasteiger partial charge in [-0.15, -0.1) is 0 Å². The number of fused-ring (bicyclic) bond motifs is 1. The first kappa shape index (κ1) is 14.9. The molecule has 0 bridgehead atoms. The number of carbonyl (C=O) groups is 1. The summed E-state index contributed by atoms with van der Waals surface area (Å²) in [4.78, 5) is 12.5. The van der Waals surface area contributed by atoms with Crippen molar-refractivity contribution in [3.63, 3.8) is 0 Å². The van der Waals surface area contributed by atoms with Crippen LogP contribution in [0, 0.1) is 0 Å². The molecule has 0 spiro atoms. The van der Waals surface area contributed by atoms with Gasteiger partial charge >= 0.3 is 0 Å². The van der Waals surface area contributed by atoms with Gasteiger partial charge in [-0.1, -0.05) is 28.8 Å². The summed E-state index contributed by atoms with van der Waals surface area (Å²) in [6.07, 6.45) is 6.27. The maximum Gasteiger partial charge on any atom is 0.253 e. The Morgan fingerprint density at radius 3 is 2.71 bits per heavy atom. The highest BCUT2D eigenvalue weighted by Gasteiger charge is 2.27. The Kier molecular flexibility index (Phi) is 4.22. The molecule has 1 aromatic carbocycles. The lowest BCUT2D eigenvalue weighted by Gasteiger charge is -2.28. The van der Waals surface area contributed by atoms with Crippen LogP contribution in [0.25, 0.3) is 0 Å². The number of hydrogen-bond acceptors (Lipinski definition) is 3. The van der Waals surface area contributed by atoms with Crippen LogP contribution in [-0.2, 0) is 12.8 Å². The summed E-state index contributed by atoms with van der Waals surface area (Å²) in [6, 6.07) is 1.67. The minimum absolute atomic E-state index is 0.155. The van der Waals surface area contributed by atoms with Crippen LogP contribution in [0.4, 0.5) is 5.69 Å². The fourth-order valence-corrected chi connectivity index (χ4v) is 4.14. The minimum Gasteiger partial charge on any atom is -0.398 e. The van der Waals surface area contributed by atoms with Gasteiger partial charge in [0, 0.05) is 10.2 Å². The molecule has 21 heavy (non-hydrogen) atoms.